The van der Waals surface area contributed by atoms with E-state index in [-0.39, 0.29) is 36.4 Å². The second-order valence-electron chi connectivity index (χ2n) is 5.22. The number of guanidine groups is 1. The van der Waals surface area contributed by atoms with E-state index < -0.39 is 0 Å². The first-order valence-electron chi connectivity index (χ1n) is 6.99. The number of carbonyl (C=O) groups is 1. The standard InChI is InChI=1S/C14H22N4O2.HI/c1-11-4-2-6-18(10-11)14(15)17-9-13(19)16-8-12-5-3-7-20-12;/h3,5,7,11H,2,4,6,8-10H2,1H3,(H2,15,17)(H,16,19);1H. The van der Waals surface area contributed by atoms with Gasteiger partial charge in [0.1, 0.15) is 12.3 Å². The summed E-state index contributed by atoms with van der Waals surface area (Å²) in [5, 5.41) is 2.74. The number of halogens is 1. The summed E-state index contributed by atoms with van der Waals surface area (Å²) in [6.45, 7) is 4.48. The fraction of sp³-hybridized carbons (Fsp3) is 0.571. The van der Waals surface area contributed by atoms with Crippen molar-refractivity contribution in [1.82, 2.24) is 10.2 Å². The van der Waals surface area contributed by atoms with Gasteiger partial charge in [0, 0.05) is 13.1 Å². The molecule has 1 amide bonds. The Morgan fingerprint density at radius 2 is 2.43 bits per heavy atom. The van der Waals surface area contributed by atoms with Crippen molar-refractivity contribution in [2.45, 2.75) is 26.3 Å². The number of hydrogen-bond donors (Lipinski definition) is 2. The maximum absolute atomic E-state index is 11.7. The molecule has 1 aromatic rings. The summed E-state index contributed by atoms with van der Waals surface area (Å²) in [5.41, 5.74) is 5.93. The molecule has 1 saturated heterocycles. The van der Waals surface area contributed by atoms with Crippen LogP contribution >= 0.6 is 24.0 Å². The number of aliphatic imine (C=N–C) groups is 1. The first-order valence-corrected chi connectivity index (χ1v) is 6.99. The molecule has 1 atom stereocenters. The van der Waals surface area contributed by atoms with Crippen LogP contribution in [0.3, 0.4) is 0 Å². The normalized spacial score (nSPS) is 19.0. The molecule has 3 N–H and O–H groups in total. The van der Waals surface area contributed by atoms with Crippen molar-refractivity contribution in [1.29, 1.82) is 0 Å². The minimum Gasteiger partial charge on any atom is -0.467 e. The molecule has 1 fully saturated rings. The lowest BCUT2D eigenvalue weighted by Gasteiger charge is -2.31. The smallest absolute Gasteiger partial charge is 0.242 e. The summed E-state index contributed by atoms with van der Waals surface area (Å²) in [5.74, 6) is 1.66. The van der Waals surface area contributed by atoms with Gasteiger partial charge in [0.2, 0.25) is 5.91 Å². The van der Waals surface area contributed by atoms with Crippen molar-refractivity contribution in [3.05, 3.63) is 24.2 Å². The highest BCUT2D eigenvalue weighted by Gasteiger charge is 2.17. The number of carbonyl (C=O) groups excluding carboxylic acids is 1. The Kier molecular flexibility index (Phi) is 7.55. The highest BCUT2D eigenvalue weighted by molar-refractivity contribution is 14.0. The molecule has 0 spiro atoms. The molecule has 2 heterocycles. The average molecular weight is 406 g/mol. The van der Waals surface area contributed by atoms with Gasteiger partial charge >= 0.3 is 0 Å². The lowest BCUT2D eigenvalue weighted by Crippen LogP contribution is -2.44. The second-order valence-corrected chi connectivity index (χ2v) is 5.22. The molecule has 21 heavy (non-hydrogen) atoms. The fourth-order valence-electron chi connectivity index (χ4n) is 2.31. The van der Waals surface area contributed by atoms with Crippen LogP contribution in [0.5, 0.6) is 0 Å². The van der Waals surface area contributed by atoms with E-state index >= 15 is 0 Å². The van der Waals surface area contributed by atoms with Crippen molar-refractivity contribution in [3.8, 4) is 0 Å². The molecule has 1 aromatic heterocycles. The molecular formula is C14H23IN4O2. The topological polar surface area (TPSA) is 83.9 Å². The number of piperidine rings is 1. The van der Waals surface area contributed by atoms with E-state index in [1.165, 1.54) is 6.42 Å². The van der Waals surface area contributed by atoms with Crippen molar-refractivity contribution in [2.24, 2.45) is 16.6 Å². The van der Waals surface area contributed by atoms with Crippen LogP contribution in [0.15, 0.2) is 27.8 Å². The largest absolute Gasteiger partial charge is 0.467 e. The van der Waals surface area contributed by atoms with Gasteiger partial charge in [-0.1, -0.05) is 6.92 Å². The highest BCUT2D eigenvalue weighted by atomic mass is 127. The Bertz CT molecular complexity index is 462. The van der Waals surface area contributed by atoms with Gasteiger partial charge < -0.3 is 20.4 Å². The molecule has 118 valence electrons. The monoisotopic (exact) mass is 406 g/mol. The predicted octanol–water partition coefficient (Wildman–Crippen LogP) is 1.56. The summed E-state index contributed by atoms with van der Waals surface area (Å²) in [6, 6.07) is 3.60. The van der Waals surface area contributed by atoms with Crippen LogP contribution in [0.1, 0.15) is 25.5 Å². The van der Waals surface area contributed by atoms with Gasteiger partial charge in [-0.05, 0) is 30.9 Å². The van der Waals surface area contributed by atoms with Crippen molar-refractivity contribution in [3.63, 3.8) is 0 Å². The number of rotatable bonds is 4. The minimum absolute atomic E-state index is 0. The second kappa shape index (κ2) is 8.91. The Morgan fingerprint density at radius 3 is 3.10 bits per heavy atom. The van der Waals surface area contributed by atoms with Crippen LogP contribution in [-0.2, 0) is 11.3 Å². The van der Waals surface area contributed by atoms with E-state index in [9.17, 15) is 4.79 Å². The minimum atomic E-state index is -0.158. The Morgan fingerprint density at radius 1 is 1.62 bits per heavy atom. The van der Waals surface area contributed by atoms with E-state index in [4.69, 9.17) is 10.2 Å². The molecule has 0 aliphatic carbocycles. The van der Waals surface area contributed by atoms with Crippen LogP contribution in [0.2, 0.25) is 0 Å². The zero-order valence-electron chi connectivity index (χ0n) is 12.2. The number of likely N-dealkylation sites (tertiary alicyclic amines) is 1. The molecule has 1 unspecified atom stereocenters. The van der Waals surface area contributed by atoms with Crippen molar-refractivity contribution >= 4 is 35.8 Å². The lowest BCUT2D eigenvalue weighted by molar-refractivity contribution is -0.119. The molecular weight excluding hydrogens is 383 g/mol. The summed E-state index contributed by atoms with van der Waals surface area (Å²) >= 11 is 0. The number of nitrogens with one attached hydrogen (secondary N) is 1. The number of amides is 1. The number of furan rings is 1. The van der Waals surface area contributed by atoms with Gasteiger partial charge in [-0.25, -0.2) is 4.99 Å². The van der Waals surface area contributed by atoms with Crippen LogP contribution < -0.4 is 11.1 Å². The van der Waals surface area contributed by atoms with Gasteiger partial charge in [0.15, 0.2) is 5.96 Å². The maximum Gasteiger partial charge on any atom is 0.242 e. The molecule has 0 bridgehead atoms. The zero-order valence-corrected chi connectivity index (χ0v) is 14.6. The van der Waals surface area contributed by atoms with Gasteiger partial charge in [-0.2, -0.15) is 0 Å². The predicted molar refractivity (Wildman–Crippen MR) is 92.4 cm³/mol. The Balaban J connectivity index is 0.00000220. The summed E-state index contributed by atoms with van der Waals surface area (Å²) in [7, 11) is 0. The van der Waals surface area contributed by atoms with Crippen LogP contribution in [0.25, 0.3) is 0 Å². The Hall–Kier alpha value is -1.25. The SMILES string of the molecule is CC1CCCN(C(N)=NCC(=O)NCc2ccco2)C1.I. The highest BCUT2D eigenvalue weighted by Crippen LogP contribution is 2.14. The molecule has 2 rings (SSSR count). The van der Waals surface area contributed by atoms with Gasteiger partial charge in [-0.3, -0.25) is 4.79 Å². The van der Waals surface area contributed by atoms with Crippen molar-refractivity contribution < 1.29 is 9.21 Å². The maximum atomic E-state index is 11.7. The molecule has 7 heteroatoms. The molecule has 0 saturated carbocycles. The quantitative estimate of drug-likeness (QED) is 0.452. The molecule has 0 aromatic carbocycles. The molecule has 6 nitrogen and oxygen atoms in total. The average Bonchev–Trinajstić information content (AvgIpc) is 2.95. The first kappa shape index (κ1) is 17.8. The van der Waals surface area contributed by atoms with Crippen LogP contribution in [-0.4, -0.2) is 36.4 Å². The summed E-state index contributed by atoms with van der Waals surface area (Å²) in [6.07, 6.45) is 3.94. The first-order chi connectivity index (χ1) is 9.65. The van der Waals surface area contributed by atoms with E-state index in [2.05, 4.69) is 17.2 Å². The Labute approximate surface area is 142 Å². The van der Waals surface area contributed by atoms with E-state index in [0.717, 1.165) is 25.3 Å². The summed E-state index contributed by atoms with van der Waals surface area (Å²) in [4.78, 5) is 17.9. The van der Waals surface area contributed by atoms with Gasteiger partial charge in [0.05, 0.1) is 12.8 Å². The van der Waals surface area contributed by atoms with E-state index in [1.54, 1.807) is 12.3 Å². The van der Waals surface area contributed by atoms with Crippen LogP contribution in [0.4, 0.5) is 0 Å². The number of nitrogens with two attached hydrogens (primary N) is 1. The third-order valence-electron chi connectivity index (χ3n) is 3.41. The van der Waals surface area contributed by atoms with Crippen molar-refractivity contribution in [2.75, 3.05) is 19.6 Å². The van der Waals surface area contributed by atoms with E-state index in [0.29, 0.717) is 18.4 Å². The molecule has 1 aliphatic rings. The molecule has 0 radical (unpaired) electrons. The fourth-order valence-corrected chi connectivity index (χ4v) is 2.31. The summed E-state index contributed by atoms with van der Waals surface area (Å²) < 4.78 is 5.13. The third kappa shape index (κ3) is 5.94. The third-order valence-corrected chi connectivity index (χ3v) is 3.41. The van der Waals surface area contributed by atoms with E-state index in [1.807, 2.05) is 11.0 Å². The van der Waals surface area contributed by atoms with Crippen LogP contribution in [0, 0.1) is 5.92 Å². The zero-order chi connectivity index (χ0) is 14.4. The van der Waals surface area contributed by atoms with Gasteiger partial charge in [0.25, 0.3) is 0 Å². The van der Waals surface area contributed by atoms with Gasteiger partial charge in [-0.15, -0.1) is 24.0 Å². The lowest BCUT2D eigenvalue weighted by atomic mass is 10.0. The number of hydrogen-bond acceptors (Lipinski definition) is 3. The molecule has 1 aliphatic heterocycles. The number of nitrogens with zero attached hydrogens (tertiary/aromatic N) is 2.